The van der Waals surface area contributed by atoms with Crippen molar-refractivity contribution in [3.8, 4) is 11.1 Å². The van der Waals surface area contributed by atoms with Gasteiger partial charge in [-0.25, -0.2) is 0 Å². The number of aliphatic carboxylic acids is 1. The maximum atomic E-state index is 12.7. The first-order chi connectivity index (χ1) is 16.4. The van der Waals surface area contributed by atoms with E-state index in [1.54, 1.807) is 18.9 Å². The van der Waals surface area contributed by atoms with Gasteiger partial charge in [0.05, 0.1) is 5.92 Å². The van der Waals surface area contributed by atoms with E-state index < -0.39 is 11.9 Å². The van der Waals surface area contributed by atoms with Crippen LogP contribution in [-0.2, 0) is 16.1 Å². The summed E-state index contributed by atoms with van der Waals surface area (Å²) in [5, 5.41) is 9.22. The molecule has 1 unspecified atom stereocenters. The van der Waals surface area contributed by atoms with Crippen molar-refractivity contribution in [2.75, 3.05) is 7.05 Å². The molecule has 0 saturated carbocycles. The number of carboxylic acids is 1. The van der Waals surface area contributed by atoms with Crippen molar-refractivity contribution in [1.82, 2.24) is 4.90 Å². The molecule has 0 fully saturated rings. The van der Waals surface area contributed by atoms with Crippen molar-refractivity contribution < 1.29 is 19.5 Å². The molecule has 0 saturated heterocycles. The highest BCUT2D eigenvalue weighted by atomic mass is 16.4. The Balaban J connectivity index is 1.55. The minimum absolute atomic E-state index is 0.0487. The highest BCUT2D eigenvalue weighted by Crippen LogP contribution is 2.27. The van der Waals surface area contributed by atoms with E-state index in [0.29, 0.717) is 37.8 Å². The van der Waals surface area contributed by atoms with Crippen LogP contribution >= 0.6 is 0 Å². The molecule has 0 radical (unpaired) electrons. The normalized spacial score (nSPS) is 11.6. The number of benzene rings is 3. The van der Waals surface area contributed by atoms with Gasteiger partial charge in [-0.1, -0.05) is 78.9 Å². The van der Waals surface area contributed by atoms with E-state index in [2.05, 4.69) is 0 Å². The number of ketones is 1. The van der Waals surface area contributed by atoms with E-state index in [1.165, 1.54) is 0 Å². The van der Waals surface area contributed by atoms with Gasteiger partial charge in [-0.05, 0) is 42.0 Å². The third kappa shape index (κ3) is 6.64. The lowest BCUT2D eigenvalue weighted by atomic mass is 9.95. The Morgan fingerprint density at radius 2 is 1.44 bits per heavy atom. The largest absolute Gasteiger partial charge is 0.481 e. The predicted octanol–water partition coefficient (Wildman–Crippen LogP) is 5.94. The lowest BCUT2D eigenvalue weighted by Crippen LogP contribution is -2.26. The van der Waals surface area contributed by atoms with Crippen LogP contribution in [0.15, 0.2) is 78.9 Å². The van der Waals surface area contributed by atoms with E-state index in [9.17, 15) is 19.5 Å². The molecular formula is C29H31NO4. The minimum Gasteiger partial charge on any atom is -0.481 e. The van der Waals surface area contributed by atoms with Gasteiger partial charge in [0.1, 0.15) is 0 Å². The number of carbonyl (C=O) groups is 3. The molecule has 176 valence electrons. The SMILES string of the molecule is CC(C(=O)O)c1ccc(-c2ccccc2CN(C)C(=O)CCCCC(=O)c2ccccc2)cc1. The third-order valence-corrected chi connectivity index (χ3v) is 6.08. The van der Waals surface area contributed by atoms with Crippen molar-refractivity contribution in [2.24, 2.45) is 0 Å². The molecule has 0 aliphatic carbocycles. The van der Waals surface area contributed by atoms with E-state index in [-0.39, 0.29) is 11.7 Å². The first kappa shape index (κ1) is 24.9. The van der Waals surface area contributed by atoms with E-state index in [0.717, 1.165) is 22.3 Å². The number of carbonyl (C=O) groups excluding carboxylic acids is 2. The van der Waals surface area contributed by atoms with Crippen molar-refractivity contribution in [2.45, 2.75) is 45.1 Å². The average Bonchev–Trinajstić information content (AvgIpc) is 2.86. The molecule has 5 nitrogen and oxygen atoms in total. The number of rotatable bonds is 11. The highest BCUT2D eigenvalue weighted by molar-refractivity contribution is 5.95. The van der Waals surface area contributed by atoms with Crippen LogP contribution in [0, 0.1) is 0 Å². The summed E-state index contributed by atoms with van der Waals surface area (Å²) >= 11 is 0. The fourth-order valence-electron chi connectivity index (χ4n) is 3.90. The fraction of sp³-hybridized carbons (Fsp3) is 0.276. The van der Waals surface area contributed by atoms with Crippen molar-refractivity contribution in [1.29, 1.82) is 0 Å². The molecule has 1 N–H and O–H groups in total. The quantitative estimate of drug-likeness (QED) is 0.285. The molecule has 34 heavy (non-hydrogen) atoms. The highest BCUT2D eigenvalue weighted by Gasteiger charge is 2.15. The van der Waals surface area contributed by atoms with Crippen LogP contribution in [0.3, 0.4) is 0 Å². The smallest absolute Gasteiger partial charge is 0.310 e. The molecule has 3 aromatic rings. The van der Waals surface area contributed by atoms with E-state index in [4.69, 9.17) is 0 Å². The Labute approximate surface area is 201 Å². The number of amides is 1. The molecule has 5 heteroatoms. The molecule has 0 bridgehead atoms. The Morgan fingerprint density at radius 3 is 2.12 bits per heavy atom. The number of unbranched alkanes of at least 4 members (excludes halogenated alkanes) is 1. The van der Waals surface area contributed by atoms with Crippen LogP contribution in [0.5, 0.6) is 0 Å². The van der Waals surface area contributed by atoms with E-state index in [1.807, 2.05) is 78.9 Å². The summed E-state index contributed by atoms with van der Waals surface area (Å²) in [5.41, 5.74) is 4.50. The summed E-state index contributed by atoms with van der Waals surface area (Å²) in [6.07, 6.45) is 2.21. The maximum absolute atomic E-state index is 12.7. The Bertz CT molecular complexity index is 1120. The van der Waals surface area contributed by atoms with Crippen molar-refractivity contribution in [3.63, 3.8) is 0 Å². The second kappa shape index (κ2) is 11.9. The van der Waals surface area contributed by atoms with Crippen molar-refractivity contribution >= 4 is 17.7 Å². The van der Waals surface area contributed by atoms with Gasteiger partial charge in [0.15, 0.2) is 5.78 Å². The molecule has 0 spiro atoms. The lowest BCUT2D eigenvalue weighted by Gasteiger charge is -2.20. The molecule has 0 aliphatic rings. The van der Waals surface area contributed by atoms with Gasteiger partial charge in [-0.3, -0.25) is 14.4 Å². The van der Waals surface area contributed by atoms with Gasteiger partial charge in [0.25, 0.3) is 0 Å². The molecular weight excluding hydrogens is 426 g/mol. The van der Waals surface area contributed by atoms with Crippen LogP contribution in [0.1, 0.15) is 60.0 Å². The van der Waals surface area contributed by atoms with Crippen LogP contribution < -0.4 is 0 Å². The van der Waals surface area contributed by atoms with Gasteiger partial charge >= 0.3 is 5.97 Å². The van der Waals surface area contributed by atoms with Crippen LogP contribution in [0.25, 0.3) is 11.1 Å². The van der Waals surface area contributed by atoms with Gasteiger partial charge in [0, 0.05) is 32.0 Å². The summed E-state index contributed by atoms with van der Waals surface area (Å²) < 4.78 is 0. The zero-order chi connectivity index (χ0) is 24.5. The monoisotopic (exact) mass is 457 g/mol. The van der Waals surface area contributed by atoms with Gasteiger partial charge < -0.3 is 10.0 Å². The molecule has 1 atom stereocenters. The molecule has 3 aromatic carbocycles. The first-order valence-corrected chi connectivity index (χ1v) is 11.6. The van der Waals surface area contributed by atoms with Crippen LogP contribution in [-0.4, -0.2) is 34.7 Å². The third-order valence-electron chi connectivity index (χ3n) is 6.08. The number of hydrogen-bond donors (Lipinski definition) is 1. The fourth-order valence-corrected chi connectivity index (χ4v) is 3.90. The number of hydrogen-bond acceptors (Lipinski definition) is 3. The number of carboxylic acid groups (broad SMARTS) is 1. The maximum Gasteiger partial charge on any atom is 0.310 e. The second-order valence-electron chi connectivity index (χ2n) is 8.59. The lowest BCUT2D eigenvalue weighted by molar-refractivity contribution is -0.138. The summed E-state index contributed by atoms with van der Waals surface area (Å²) in [5.74, 6) is -1.25. The van der Waals surface area contributed by atoms with E-state index >= 15 is 0 Å². The molecule has 0 aliphatic heterocycles. The predicted molar refractivity (Wildman–Crippen MR) is 134 cm³/mol. The standard InChI is InChI=1S/C29H31NO4/c1-21(29(33)34)22-16-18-23(19-17-22)26-13-7-6-12-25(26)20-30(2)28(32)15-9-8-14-27(31)24-10-4-3-5-11-24/h3-7,10-13,16-19,21H,8-9,14-15,20H2,1-2H3,(H,33,34). The van der Waals surface area contributed by atoms with Gasteiger partial charge in [-0.15, -0.1) is 0 Å². The Morgan fingerprint density at radius 1 is 0.824 bits per heavy atom. The molecule has 0 heterocycles. The summed E-state index contributed by atoms with van der Waals surface area (Å²) in [7, 11) is 1.80. The Kier molecular flexibility index (Phi) is 8.74. The zero-order valence-corrected chi connectivity index (χ0v) is 19.7. The minimum atomic E-state index is -0.849. The first-order valence-electron chi connectivity index (χ1n) is 11.6. The molecule has 0 aromatic heterocycles. The molecule has 1 amide bonds. The van der Waals surface area contributed by atoms with Gasteiger partial charge in [-0.2, -0.15) is 0 Å². The van der Waals surface area contributed by atoms with Crippen LogP contribution in [0.2, 0.25) is 0 Å². The van der Waals surface area contributed by atoms with Gasteiger partial charge in [0.2, 0.25) is 5.91 Å². The number of Topliss-reactive ketones (excluding diaryl/α,β-unsaturated/α-hetero) is 1. The second-order valence-corrected chi connectivity index (χ2v) is 8.59. The number of nitrogens with zero attached hydrogens (tertiary/aromatic N) is 1. The summed E-state index contributed by atoms with van der Waals surface area (Å²) in [6.45, 7) is 2.15. The zero-order valence-electron chi connectivity index (χ0n) is 19.7. The van der Waals surface area contributed by atoms with Crippen LogP contribution in [0.4, 0.5) is 0 Å². The van der Waals surface area contributed by atoms with Crippen molar-refractivity contribution in [3.05, 3.63) is 95.6 Å². The summed E-state index contributed by atoms with van der Waals surface area (Å²) in [6, 6.07) is 24.7. The summed E-state index contributed by atoms with van der Waals surface area (Å²) in [4.78, 5) is 37.8. The Hall–Kier alpha value is -3.73. The average molecular weight is 458 g/mol. The molecule has 3 rings (SSSR count). The topological polar surface area (TPSA) is 74.7 Å².